The van der Waals surface area contributed by atoms with Gasteiger partial charge >= 0.3 is 0 Å². The highest BCUT2D eigenvalue weighted by molar-refractivity contribution is 6.07. The van der Waals surface area contributed by atoms with Gasteiger partial charge < -0.3 is 16.0 Å². The van der Waals surface area contributed by atoms with Crippen molar-refractivity contribution in [2.75, 3.05) is 13.1 Å². The van der Waals surface area contributed by atoms with Gasteiger partial charge in [-0.2, -0.15) is 0 Å². The highest BCUT2D eigenvalue weighted by Gasteiger charge is 2.32. The molecule has 4 N–H and O–H groups in total. The van der Waals surface area contributed by atoms with E-state index in [4.69, 9.17) is 11.1 Å². The number of primary amides is 1. The predicted octanol–water partition coefficient (Wildman–Crippen LogP) is 1.10. The second-order valence-electron chi connectivity index (χ2n) is 6.30. The largest absolute Gasteiger partial charge is 0.366 e. The summed E-state index contributed by atoms with van der Waals surface area (Å²) in [6.07, 6.45) is 3.66. The molecule has 0 atom stereocenters. The molecule has 1 aromatic rings. The number of nitrogens with one attached hydrogen (secondary N) is 2. The van der Waals surface area contributed by atoms with Gasteiger partial charge in [-0.05, 0) is 31.7 Å². The number of carbonyl (C=O) groups is 2. The number of rotatable bonds is 4. The molecular formula is C17H22N4O2. The molecule has 23 heavy (non-hydrogen) atoms. The first kappa shape index (κ1) is 15.5. The van der Waals surface area contributed by atoms with Gasteiger partial charge in [0.2, 0.25) is 11.8 Å². The molecule has 2 fully saturated rings. The zero-order chi connectivity index (χ0) is 16.4. The molecule has 1 aromatic carbocycles. The quantitative estimate of drug-likeness (QED) is 0.573. The fraction of sp³-hybridized carbons (Fsp3) is 0.471. The van der Waals surface area contributed by atoms with Crippen LogP contribution < -0.4 is 11.1 Å². The maximum absolute atomic E-state index is 11.8. The molecule has 0 bridgehead atoms. The van der Waals surface area contributed by atoms with E-state index in [-0.39, 0.29) is 17.9 Å². The van der Waals surface area contributed by atoms with Crippen LogP contribution in [0.4, 0.5) is 0 Å². The summed E-state index contributed by atoms with van der Waals surface area (Å²) in [7, 11) is 0. The SMILES string of the molecule is N=C(c1ccccc1C(N)=O)N1CCC(NC(=O)C2CC2)CC1. The molecule has 1 saturated heterocycles. The number of nitrogens with zero attached hydrogens (tertiary/aromatic N) is 1. The van der Waals surface area contributed by atoms with Crippen molar-refractivity contribution in [1.29, 1.82) is 5.41 Å². The van der Waals surface area contributed by atoms with Crippen molar-refractivity contribution >= 4 is 17.6 Å². The fourth-order valence-corrected chi connectivity index (χ4v) is 2.99. The van der Waals surface area contributed by atoms with E-state index in [0.29, 0.717) is 30.1 Å². The van der Waals surface area contributed by atoms with E-state index in [9.17, 15) is 9.59 Å². The summed E-state index contributed by atoms with van der Waals surface area (Å²) in [5, 5.41) is 11.5. The maximum atomic E-state index is 11.8. The molecule has 2 amide bonds. The number of benzene rings is 1. The monoisotopic (exact) mass is 314 g/mol. The zero-order valence-corrected chi connectivity index (χ0v) is 13.0. The Hall–Kier alpha value is -2.37. The van der Waals surface area contributed by atoms with Crippen molar-refractivity contribution in [1.82, 2.24) is 10.2 Å². The molecule has 3 rings (SSSR count). The van der Waals surface area contributed by atoms with Crippen molar-refractivity contribution in [3.05, 3.63) is 35.4 Å². The van der Waals surface area contributed by atoms with Gasteiger partial charge in [-0.15, -0.1) is 0 Å². The number of carbonyl (C=O) groups excluding carboxylic acids is 2. The number of piperidine rings is 1. The van der Waals surface area contributed by atoms with Gasteiger partial charge in [0.1, 0.15) is 5.84 Å². The van der Waals surface area contributed by atoms with Gasteiger partial charge in [0, 0.05) is 36.2 Å². The van der Waals surface area contributed by atoms with Gasteiger partial charge in [-0.3, -0.25) is 15.0 Å². The number of hydrogen-bond donors (Lipinski definition) is 3. The third-order valence-corrected chi connectivity index (χ3v) is 4.55. The average molecular weight is 314 g/mol. The Labute approximate surface area is 135 Å². The summed E-state index contributed by atoms with van der Waals surface area (Å²) in [6, 6.07) is 7.15. The molecule has 2 aliphatic rings. The zero-order valence-electron chi connectivity index (χ0n) is 13.0. The topological polar surface area (TPSA) is 99.3 Å². The Bertz CT molecular complexity index is 631. The normalized spacial score (nSPS) is 18.5. The molecule has 6 heteroatoms. The van der Waals surface area contributed by atoms with Crippen molar-refractivity contribution < 1.29 is 9.59 Å². The minimum atomic E-state index is -0.517. The van der Waals surface area contributed by atoms with Crippen LogP contribution >= 0.6 is 0 Å². The van der Waals surface area contributed by atoms with Crippen LogP contribution in [0.3, 0.4) is 0 Å². The smallest absolute Gasteiger partial charge is 0.249 e. The fourth-order valence-electron chi connectivity index (χ4n) is 2.99. The van der Waals surface area contributed by atoms with Crippen molar-refractivity contribution in [3.63, 3.8) is 0 Å². The van der Waals surface area contributed by atoms with Crippen LogP contribution in [0.1, 0.15) is 41.6 Å². The van der Waals surface area contributed by atoms with E-state index in [2.05, 4.69) is 5.32 Å². The summed E-state index contributed by atoms with van der Waals surface area (Å²) < 4.78 is 0. The highest BCUT2D eigenvalue weighted by atomic mass is 16.2. The highest BCUT2D eigenvalue weighted by Crippen LogP contribution is 2.29. The third-order valence-electron chi connectivity index (χ3n) is 4.55. The van der Waals surface area contributed by atoms with E-state index >= 15 is 0 Å². The van der Waals surface area contributed by atoms with Gasteiger partial charge in [-0.25, -0.2) is 0 Å². The van der Waals surface area contributed by atoms with Crippen LogP contribution in [0, 0.1) is 11.3 Å². The van der Waals surface area contributed by atoms with Crippen molar-refractivity contribution in [2.45, 2.75) is 31.7 Å². The van der Waals surface area contributed by atoms with Crippen LogP contribution in [0.2, 0.25) is 0 Å². The molecule has 1 saturated carbocycles. The lowest BCUT2D eigenvalue weighted by atomic mass is 10.0. The minimum Gasteiger partial charge on any atom is -0.366 e. The first-order chi connectivity index (χ1) is 11.1. The lowest BCUT2D eigenvalue weighted by Crippen LogP contribution is -2.47. The maximum Gasteiger partial charge on any atom is 0.249 e. The van der Waals surface area contributed by atoms with E-state index in [1.54, 1.807) is 24.3 Å². The summed E-state index contributed by atoms with van der Waals surface area (Å²) in [6.45, 7) is 1.39. The van der Waals surface area contributed by atoms with E-state index < -0.39 is 5.91 Å². The third kappa shape index (κ3) is 3.52. The number of nitrogens with two attached hydrogens (primary N) is 1. The second-order valence-corrected chi connectivity index (χ2v) is 6.30. The lowest BCUT2D eigenvalue weighted by molar-refractivity contribution is -0.123. The molecule has 0 radical (unpaired) electrons. The Kier molecular flexibility index (Phi) is 4.32. The molecular weight excluding hydrogens is 292 g/mol. The van der Waals surface area contributed by atoms with Gasteiger partial charge in [0.15, 0.2) is 0 Å². The molecule has 1 aliphatic carbocycles. The number of amidine groups is 1. The first-order valence-electron chi connectivity index (χ1n) is 8.09. The van der Waals surface area contributed by atoms with Crippen LogP contribution in [-0.4, -0.2) is 41.7 Å². The van der Waals surface area contributed by atoms with E-state index in [1.807, 2.05) is 4.90 Å². The Balaban J connectivity index is 1.60. The average Bonchev–Trinajstić information content (AvgIpc) is 3.40. The van der Waals surface area contributed by atoms with Gasteiger partial charge in [0.25, 0.3) is 0 Å². The van der Waals surface area contributed by atoms with Crippen LogP contribution in [0.25, 0.3) is 0 Å². The first-order valence-corrected chi connectivity index (χ1v) is 8.09. The second kappa shape index (κ2) is 6.40. The molecule has 0 spiro atoms. The van der Waals surface area contributed by atoms with Crippen LogP contribution in [-0.2, 0) is 4.79 Å². The number of hydrogen-bond acceptors (Lipinski definition) is 3. The molecule has 122 valence electrons. The predicted molar refractivity (Wildman–Crippen MR) is 87.3 cm³/mol. The molecule has 6 nitrogen and oxygen atoms in total. The van der Waals surface area contributed by atoms with Crippen LogP contribution in [0.15, 0.2) is 24.3 Å². The minimum absolute atomic E-state index is 0.178. The summed E-state index contributed by atoms with van der Waals surface area (Å²) >= 11 is 0. The van der Waals surface area contributed by atoms with Crippen LogP contribution in [0.5, 0.6) is 0 Å². The summed E-state index contributed by atoms with van der Waals surface area (Å²) in [4.78, 5) is 25.3. The van der Waals surface area contributed by atoms with Crippen molar-refractivity contribution in [3.8, 4) is 0 Å². The standard InChI is InChI=1S/C17H22N4O2/c18-15(13-3-1-2-4-14(13)16(19)22)21-9-7-12(8-10-21)20-17(23)11-5-6-11/h1-4,11-12,18H,5-10H2,(H2,19,22)(H,20,23). The summed E-state index contributed by atoms with van der Waals surface area (Å²) in [5.74, 6) is 0.217. The van der Waals surface area contributed by atoms with Crippen molar-refractivity contribution in [2.24, 2.45) is 11.7 Å². The number of amides is 2. The molecule has 0 unspecified atom stereocenters. The molecule has 1 heterocycles. The Morgan fingerprint density at radius 1 is 1.09 bits per heavy atom. The molecule has 0 aromatic heterocycles. The summed E-state index contributed by atoms with van der Waals surface area (Å²) in [5.41, 5.74) is 6.34. The van der Waals surface area contributed by atoms with Gasteiger partial charge in [-0.1, -0.05) is 18.2 Å². The Morgan fingerprint density at radius 2 is 1.70 bits per heavy atom. The molecule has 1 aliphatic heterocycles. The van der Waals surface area contributed by atoms with E-state index in [0.717, 1.165) is 25.7 Å². The Morgan fingerprint density at radius 3 is 2.26 bits per heavy atom. The van der Waals surface area contributed by atoms with Gasteiger partial charge in [0.05, 0.1) is 0 Å². The lowest BCUT2D eigenvalue weighted by Gasteiger charge is -2.34. The van der Waals surface area contributed by atoms with E-state index in [1.165, 1.54) is 0 Å². The number of likely N-dealkylation sites (tertiary alicyclic amines) is 1.